The molecule has 4 nitrogen and oxygen atoms in total. The molecule has 0 atom stereocenters. The van der Waals surface area contributed by atoms with Crippen LogP contribution >= 0.6 is 0 Å². The van der Waals surface area contributed by atoms with Gasteiger partial charge >= 0.3 is 0 Å². The third-order valence-electron chi connectivity index (χ3n) is 3.42. The number of anilines is 1. The minimum Gasteiger partial charge on any atom is -0.508 e. The number of amides is 1. The lowest BCUT2D eigenvalue weighted by atomic mass is 10.1. The highest BCUT2D eigenvalue weighted by atomic mass is 16.3. The fourth-order valence-electron chi connectivity index (χ4n) is 2.05. The number of benzene rings is 2. The van der Waals surface area contributed by atoms with Crippen molar-refractivity contribution >= 4 is 11.6 Å². The van der Waals surface area contributed by atoms with Crippen LogP contribution in [-0.2, 0) is 17.9 Å². The summed E-state index contributed by atoms with van der Waals surface area (Å²) < 4.78 is 0. The van der Waals surface area contributed by atoms with Crippen LogP contribution in [0.25, 0.3) is 0 Å². The molecule has 0 spiro atoms. The maximum atomic E-state index is 11.4. The summed E-state index contributed by atoms with van der Waals surface area (Å²) in [5.41, 5.74) is 2.85. The Morgan fingerprint density at radius 1 is 1.10 bits per heavy atom. The number of rotatable bonds is 5. The number of nitrogens with zero attached hydrogens (tertiary/aromatic N) is 1. The predicted molar refractivity (Wildman–Crippen MR) is 84.0 cm³/mol. The normalized spacial score (nSPS) is 10.2. The van der Waals surface area contributed by atoms with Crippen LogP contribution in [0.2, 0.25) is 0 Å². The van der Waals surface area contributed by atoms with E-state index >= 15 is 0 Å². The SMILES string of the molecule is CC(=O)N(C)Cc1ccccc1NCc1ccccc1O. The zero-order valence-corrected chi connectivity index (χ0v) is 12.3. The van der Waals surface area contributed by atoms with E-state index in [1.807, 2.05) is 36.4 Å². The Bertz CT molecular complexity index is 626. The molecular weight excluding hydrogens is 264 g/mol. The largest absolute Gasteiger partial charge is 0.508 e. The van der Waals surface area contributed by atoms with Gasteiger partial charge in [0.25, 0.3) is 0 Å². The number of aromatic hydroxyl groups is 1. The number of carbonyl (C=O) groups excluding carboxylic acids is 1. The summed E-state index contributed by atoms with van der Waals surface area (Å²) in [6, 6.07) is 15.1. The molecule has 0 aliphatic heterocycles. The number of hydrogen-bond donors (Lipinski definition) is 2. The molecule has 0 radical (unpaired) electrons. The number of carbonyl (C=O) groups is 1. The van der Waals surface area contributed by atoms with E-state index in [0.717, 1.165) is 16.8 Å². The lowest BCUT2D eigenvalue weighted by molar-refractivity contribution is -0.128. The lowest BCUT2D eigenvalue weighted by Crippen LogP contribution is -2.23. The maximum absolute atomic E-state index is 11.4. The quantitative estimate of drug-likeness (QED) is 0.887. The van der Waals surface area contributed by atoms with Crippen LogP contribution < -0.4 is 5.32 Å². The second-order valence-corrected chi connectivity index (χ2v) is 5.01. The van der Waals surface area contributed by atoms with Gasteiger partial charge in [-0.15, -0.1) is 0 Å². The van der Waals surface area contributed by atoms with Gasteiger partial charge in [-0.2, -0.15) is 0 Å². The number of phenolic OH excluding ortho intramolecular Hbond substituents is 1. The number of hydrogen-bond acceptors (Lipinski definition) is 3. The van der Waals surface area contributed by atoms with Crippen molar-refractivity contribution in [3.05, 3.63) is 59.7 Å². The molecule has 0 heterocycles. The lowest BCUT2D eigenvalue weighted by Gasteiger charge is -2.18. The summed E-state index contributed by atoms with van der Waals surface area (Å²) in [6.45, 7) is 2.64. The first-order valence-corrected chi connectivity index (χ1v) is 6.88. The van der Waals surface area contributed by atoms with Crippen molar-refractivity contribution in [3.63, 3.8) is 0 Å². The molecule has 0 fully saturated rings. The summed E-state index contributed by atoms with van der Waals surface area (Å²) in [4.78, 5) is 13.0. The molecule has 0 aliphatic carbocycles. The summed E-state index contributed by atoms with van der Waals surface area (Å²) in [6.07, 6.45) is 0. The maximum Gasteiger partial charge on any atom is 0.219 e. The molecular formula is C17H20N2O2. The van der Waals surface area contributed by atoms with Crippen LogP contribution in [0.4, 0.5) is 5.69 Å². The molecule has 1 amide bonds. The highest BCUT2D eigenvalue weighted by Gasteiger charge is 2.08. The van der Waals surface area contributed by atoms with Gasteiger partial charge in [0.2, 0.25) is 5.91 Å². The van der Waals surface area contributed by atoms with E-state index in [9.17, 15) is 9.90 Å². The van der Waals surface area contributed by atoms with Crippen molar-refractivity contribution in [2.75, 3.05) is 12.4 Å². The number of phenols is 1. The summed E-state index contributed by atoms with van der Waals surface area (Å²) in [7, 11) is 1.78. The molecule has 21 heavy (non-hydrogen) atoms. The molecule has 0 unspecified atom stereocenters. The van der Waals surface area contributed by atoms with Crippen molar-refractivity contribution in [1.29, 1.82) is 0 Å². The van der Waals surface area contributed by atoms with E-state index in [2.05, 4.69) is 5.32 Å². The highest BCUT2D eigenvalue weighted by molar-refractivity contribution is 5.73. The number of para-hydroxylation sites is 2. The van der Waals surface area contributed by atoms with Crippen LogP contribution in [-0.4, -0.2) is 23.0 Å². The van der Waals surface area contributed by atoms with Crippen LogP contribution in [0.15, 0.2) is 48.5 Å². The molecule has 4 heteroatoms. The predicted octanol–water partition coefficient (Wildman–Crippen LogP) is 2.98. The molecule has 2 aromatic carbocycles. The van der Waals surface area contributed by atoms with Gasteiger partial charge in [0.05, 0.1) is 0 Å². The zero-order valence-electron chi connectivity index (χ0n) is 12.3. The van der Waals surface area contributed by atoms with Gasteiger partial charge in [-0.1, -0.05) is 36.4 Å². The third kappa shape index (κ3) is 3.99. The van der Waals surface area contributed by atoms with Crippen molar-refractivity contribution in [2.45, 2.75) is 20.0 Å². The fraction of sp³-hybridized carbons (Fsp3) is 0.235. The van der Waals surface area contributed by atoms with Crippen molar-refractivity contribution < 1.29 is 9.90 Å². The molecule has 0 bridgehead atoms. The van der Waals surface area contributed by atoms with Crippen molar-refractivity contribution in [3.8, 4) is 5.75 Å². The smallest absolute Gasteiger partial charge is 0.219 e. The van der Waals surface area contributed by atoms with E-state index in [1.54, 1.807) is 31.0 Å². The van der Waals surface area contributed by atoms with Crippen LogP contribution in [0.1, 0.15) is 18.1 Å². The molecule has 110 valence electrons. The first-order valence-electron chi connectivity index (χ1n) is 6.88. The third-order valence-corrected chi connectivity index (χ3v) is 3.42. The minimum absolute atomic E-state index is 0.0329. The Morgan fingerprint density at radius 2 is 1.71 bits per heavy atom. The van der Waals surface area contributed by atoms with Crippen LogP contribution in [0.3, 0.4) is 0 Å². The molecule has 0 aromatic heterocycles. The van der Waals surface area contributed by atoms with Gasteiger partial charge < -0.3 is 15.3 Å². The van der Waals surface area contributed by atoms with E-state index in [0.29, 0.717) is 13.1 Å². The minimum atomic E-state index is 0.0329. The second-order valence-electron chi connectivity index (χ2n) is 5.01. The summed E-state index contributed by atoms with van der Waals surface area (Å²) in [5, 5.41) is 13.1. The zero-order chi connectivity index (χ0) is 15.2. The Kier molecular flexibility index (Phi) is 4.82. The van der Waals surface area contributed by atoms with Gasteiger partial charge in [-0.3, -0.25) is 4.79 Å². The second kappa shape index (κ2) is 6.79. The number of nitrogens with one attached hydrogen (secondary N) is 1. The fourth-order valence-corrected chi connectivity index (χ4v) is 2.05. The van der Waals surface area contributed by atoms with Crippen molar-refractivity contribution in [1.82, 2.24) is 4.90 Å². The van der Waals surface area contributed by atoms with Gasteiger partial charge in [0.15, 0.2) is 0 Å². The van der Waals surface area contributed by atoms with E-state index in [4.69, 9.17) is 0 Å². The monoisotopic (exact) mass is 284 g/mol. The first-order chi connectivity index (χ1) is 10.1. The molecule has 2 N–H and O–H groups in total. The highest BCUT2D eigenvalue weighted by Crippen LogP contribution is 2.21. The van der Waals surface area contributed by atoms with Crippen LogP contribution in [0, 0.1) is 0 Å². The van der Waals surface area contributed by atoms with Crippen molar-refractivity contribution in [2.24, 2.45) is 0 Å². The average Bonchev–Trinajstić information content (AvgIpc) is 2.47. The molecule has 2 aromatic rings. The Labute approximate surface area is 125 Å². The molecule has 2 rings (SSSR count). The first kappa shape index (κ1) is 14.9. The van der Waals surface area contributed by atoms with E-state index in [1.165, 1.54) is 0 Å². The summed E-state index contributed by atoms with van der Waals surface area (Å²) in [5.74, 6) is 0.314. The van der Waals surface area contributed by atoms with Gasteiger partial charge in [0.1, 0.15) is 5.75 Å². The average molecular weight is 284 g/mol. The van der Waals surface area contributed by atoms with E-state index < -0.39 is 0 Å². The Hall–Kier alpha value is -2.49. The Morgan fingerprint density at radius 3 is 2.38 bits per heavy atom. The van der Waals surface area contributed by atoms with Gasteiger partial charge in [-0.05, 0) is 17.7 Å². The molecule has 0 saturated heterocycles. The Balaban J connectivity index is 2.10. The van der Waals surface area contributed by atoms with E-state index in [-0.39, 0.29) is 11.7 Å². The molecule has 0 saturated carbocycles. The standard InChI is InChI=1S/C17H20N2O2/c1-13(20)19(2)12-15-8-3-5-9-16(15)18-11-14-7-4-6-10-17(14)21/h3-10,18,21H,11-12H2,1-2H3. The van der Waals surface area contributed by atoms with Gasteiger partial charge in [0, 0.05) is 38.3 Å². The topological polar surface area (TPSA) is 52.6 Å². The van der Waals surface area contributed by atoms with Crippen LogP contribution in [0.5, 0.6) is 5.75 Å². The van der Waals surface area contributed by atoms with Gasteiger partial charge in [-0.25, -0.2) is 0 Å². The summed E-state index contributed by atoms with van der Waals surface area (Å²) >= 11 is 0. The molecule has 0 aliphatic rings.